The van der Waals surface area contributed by atoms with Gasteiger partial charge in [0.15, 0.2) is 0 Å². The lowest BCUT2D eigenvalue weighted by Gasteiger charge is -2.35. The number of hydrogen-bond donors (Lipinski definition) is 0. The molecule has 4 nitrogen and oxygen atoms in total. The molecule has 22 heavy (non-hydrogen) atoms. The van der Waals surface area contributed by atoms with Crippen LogP contribution in [0.25, 0.3) is 0 Å². The average molecular weight is 312 g/mol. The molecule has 0 aliphatic carbocycles. The first-order valence-electron chi connectivity index (χ1n) is 7.85. The van der Waals surface area contributed by atoms with E-state index in [0.29, 0.717) is 0 Å². The standard InChI is InChI=1S/C18H32O4/c1-11(2)21-15(19)13(16(20)22-12(3)4)14(17(5,6)7)18(8,9)10/h11-12H,1-10H3. The summed E-state index contributed by atoms with van der Waals surface area (Å²) in [7, 11) is 0. The summed E-state index contributed by atoms with van der Waals surface area (Å²) >= 11 is 0. The fourth-order valence-corrected chi connectivity index (χ4v) is 2.71. The molecule has 0 aliphatic heterocycles. The number of hydrogen-bond acceptors (Lipinski definition) is 4. The Morgan fingerprint density at radius 2 is 0.955 bits per heavy atom. The van der Waals surface area contributed by atoms with Crippen molar-refractivity contribution in [1.29, 1.82) is 0 Å². The van der Waals surface area contributed by atoms with Crippen LogP contribution in [0.4, 0.5) is 0 Å². The molecule has 0 amide bonds. The van der Waals surface area contributed by atoms with Crippen LogP contribution in [0.15, 0.2) is 11.1 Å². The third kappa shape index (κ3) is 6.20. The molecule has 0 rings (SSSR count). The molecule has 0 bridgehead atoms. The molecule has 0 saturated heterocycles. The summed E-state index contributed by atoms with van der Waals surface area (Å²) in [5.41, 5.74) is 0.0535. The molecule has 128 valence electrons. The molecule has 0 spiro atoms. The molecule has 4 heteroatoms. The first-order valence-corrected chi connectivity index (χ1v) is 7.85. The van der Waals surface area contributed by atoms with E-state index in [1.807, 2.05) is 41.5 Å². The molecule has 0 N–H and O–H groups in total. The van der Waals surface area contributed by atoms with Crippen molar-refractivity contribution in [3.63, 3.8) is 0 Å². The second kappa shape index (κ2) is 7.30. The summed E-state index contributed by atoms with van der Waals surface area (Å²) in [5, 5.41) is 0. The van der Waals surface area contributed by atoms with E-state index in [9.17, 15) is 9.59 Å². The number of carbonyl (C=O) groups is 2. The maximum Gasteiger partial charge on any atom is 0.345 e. The highest BCUT2D eigenvalue weighted by molar-refractivity contribution is 6.15. The highest BCUT2D eigenvalue weighted by atomic mass is 16.6. The lowest BCUT2D eigenvalue weighted by molar-refractivity contribution is -0.151. The molecular formula is C18H32O4. The first-order chi connectivity index (χ1) is 9.67. The predicted octanol–water partition coefficient (Wildman–Crippen LogP) is 4.28. The van der Waals surface area contributed by atoms with Crippen LogP contribution in [-0.4, -0.2) is 24.1 Å². The van der Waals surface area contributed by atoms with Crippen LogP contribution in [0, 0.1) is 10.8 Å². The van der Waals surface area contributed by atoms with E-state index in [1.165, 1.54) is 0 Å². The third-order valence-electron chi connectivity index (χ3n) is 2.84. The van der Waals surface area contributed by atoms with Gasteiger partial charge in [-0.15, -0.1) is 0 Å². The molecule has 0 heterocycles. The van der Waals surface area contributed by atoms with Crippen molar-refractivity contribution in [2.24, 2.45) is 10.8 Å². The van der Waals surface area contributed by atoms with Crippen molar-refractivity contribution in [3.8, 4) is 0 Å². The lowest BCUT2D eigenvalue weighted by Crippen LogP contribution is -2.32. The van der Waals surface area contributed by atoms with Gasteiger partial charge < -0.3 is 9.47 Å². The van der Waals surface area contributed by atoms with Crippen molar-refractivity contribution in [3.05, 3.63) is 11.1 Å². The van der Waals surface area contributed by atoms with E-state index >= 15 is 0 Å². The van der Waals surface area contributed by atoms with Gasteiger partial charge in [-0.3, -0.25) is 0 Å². The smallest absolute Gasteiger partial charge is 0.345 e. The monoisotopic (exact) mass is 312 g/mol. The van der Waals surface area contributed by atoms with Gasteiger partial charge in [-0.25, -0.2) is 9.59 Å². The Kier molecular flexibility index (Phi) is 6.86. The minimum absolute atomic E-state index is 0.0300. The Balaban J connectivity index is 6.25. The highest BCUT2D eigenvalue weighted by Gasteiger charge is 2.38. The fraction of sp³-hybridized carbons (Fsp3) is 0.778. The molecule has 0 fully saturated rings. The zero-order chi connectivity index (χ0) is 17.9. The largest absolute Gasteiger partial charge is 0.459 e. The number of rotatable bonds is 4. The van der Waals surface area contributed by atoms with Crippen LogP contribution < -0.4 is 0 Å². The number of esters is 2. The molecule has 0 aromatic carbocycles. The Labute approximate surface area is 135 Å². The van der Waals surface area contributed by atoms with E-state index < -0.39 is 11.9 Å². The van der Waals surface area contributed by atoms with Gasteiger partial charge in [0.05, 0.1) is 12.2 Å². The lowest BCUT2D eigenvalue weighted by atomic mass is 9.69. The zero-order valence-electron chi connectivity index (χ0n) is 15.8. The van der Waals surface area contributed by atoms with E-state index in [0.717, 1.165) is 5.57 Å². The minimum atomic E-state index is -0.611. The normalized spacial score (nSPS) is 12.4. The Hall–Kier alpha value is -1.32. The highest BCUT2D eigenvalue weighted by Crippen LogP contribution is 2.42. The van der Waals surface area contributed by atoms with Gasteiger partial charge in [0.25, 0.3) is 0 Å². The second-order valence-electron chi connectivity index (χ2n) is 8.16. The van der Waals surface area contributed by atoms with Gasteiger partial charge in [-0.2, -0.15) is 0 Å². The van der Waals surface area contributed by atoms with E-state index in [4.69, 9.17) is 9.47 Å². The molecule has 0 radical (unpaired) electrons. The molecule has 0 aliphatic rings. The summed E-state index contributed by atoms with van der Waals surface area (Å²) in [6.07, 6.45) is -0.592. The molecule has 0 aromatic rings. The van der Waals surface area contributed by atoms with Crippen LogP contribution in [0.5, 0.6) is 0 Å². The first kappa shape index (κ1) is 20.7. The molecule has 0 aromatic heterocycles. The van der Waals surface area contributed by atoms with Gasteiger partial charge in [0.1, 0.15) is 5.57 Å². The summed E-state index contributed by atoms with van der Waals surface area (Å²) in [6.45, 7) is 19.0. The Morgan fingerprint density at radius 1 is 0.682 bits per heavy atom. The van der Waals surface area contributed by atoms with Crippen LogP contribution >= 0.6 is 0 Å². The summed E-state index contributed by atoms with van der Waals surface area (Å²) < 4.78 is 10.6. The maximum atomic E-state index is 12.5. The third-order valence-corrected chi connectivity index (χ3v) is 2.84. The molecule has 0 saturated carbocycles. The van der Waals surface area contributed by atoms with Gasteiger partial charge in [-0.05, 0) is 44.1 Å². The van der Waals surface area contributed by atoms with Gasteiger partial charge in [0, 0.05) is 0 Å². The van der Waals surface area contributed by atoms with Crippen LogP contribution in [0.2, 0.25) is 0 Å². The van der Waals surface area contributed by atoms with E-state index in [-0.39, 0.29) is 28.6 Å². The van der Waals surface area contributed by atoms with E-state index in [2.05, 4.69) is 0 Å². The van der Waals surface area contributed by atoms with Crippen LogP contribution in [-0.2, 0) is 19.1 Å². The predicted molar refractivity (Wildman–Crippen MR) is 88.4 cm³/mol. The topological polar surface area (TPSA) is 52.6 Å². The van der Waals surface area contributed by atoms with Gasteiger partial charge in [0.2, 0.25) is 0 Å². The number of allylic oxidation sites excluding steroid dienone is 1. The molecule has 0 unspecified atom stereocenters. The summed E-state index contributed by atoms with van der Waals surface area (Å²) in [5.74, 6) is -1.22. The van der Waals surface area contributed by atoms with Crippen LogP contribution in [0.1, 0.15) is 69.2 Å². The molecule has 0 atom stereocenters. The van der Waals surface area contributed by atoms with Crippen LogP contribution in [0.3, 0.4) is 0 Å². The van der Waals surface area contributed by atoms with Crippen molar-refractivity contribution in [2.75, 3.05) is 0 Å². The SMILES string of the molecule is CC(C)OC(=O)C(C(=O)OC(C)C)=C(C(C)(C)C)C(C)(C)C. The number of ether oxygens (including phenoxy) is 2. The van der Waals surface area contributed by atoms with Crippen molar-refractivity contribution in [1.82, 2.24) is 0 Å². The quantitative estimate of drug-likeness (QED) is 0.336. The summed E-state index contributed by atoms with van der Waals surface area (Å²) in [6, 6.07) is 0. The second-order valence-corrected chi connectivity index (χ2v) is 8.16. The zero-order valence-corrected chi connectivity index (χ0v) is 15.8. The van der Waals surface area contributed by atoms with E-state index in [1.54, 1.807) is 27.7 Å². The fourth-order valence-electron chi connectivity index (χ4n) is 2.71. The maximum absolute atomic E-state index is 12.5. The minimum Gasteiger partial charge on any atom is -0.459 e. The van der Waals surface area contributed by atoms with Gasteiger partial charge in [-0.1, -0.05) is 41.5 Å². The van der Waals surface area contributed by atoms with Crippen molar-refractivity contribution in [2.45, 2.75) is 81.4 Å². The Bertz CT molecular complexity index is 403. The van der Waals surface area contributed by atoms with Crippen molar-refractivity contribution < 1.29 is 19.1 Å². The Morgan fingerprint density at radius 3 is 1.14 bits per heavy atom. The van der Waals surface area contributed by atoms with Crippen molar-refractivity contribution >= 4 is 11.9 Å². The average Bonchev–Trinajstić information content (AvgIpc) is 2.19. The van der Waals surface area contributed by atoms with Gasteiger partial charge >= 0.3 is 11.9 Å². The summed E-state index contributed by atoms with van der Waals surface area (Å²) in [4.78, 5) is 25.1. The molecular weight excluding hydrogens is 280 g/mol. The number of carbonyl (C=O) groups excluding carboxylic acids is 2.